The maximum Gasteiger partial charge on any atom is 0.335 e. The number of rotatable bonds is 11. The van der Waals surface area contributed by atoms with Crippen molar-refractivity contribution in [1.29, 1.82) is 0 Å². The monoisotopic (exact) mass is 493 g/mol. The Morgan fingerprint density at radius 1 is 1.11 bits per heavy atom. The molecule has 2 N–H and O–H groups in total. The molecule has 0 aliphatic heterocycles. The highest BCUT2D eigenvalue weighted by Crippen LogP contribution is 2.40. The number of nitrogens with one attached hydrogen (secondary N) is 1. The van der Waals surface area contributed by atoms with Crippen LogP contribution in [-0.4, -0.2) is 29.7 Å². The van der Waals surface area contributed by atoms with Crippen LogP contribution >= 0.6 is 11.8 Å². The third-order valence-electron chi connectivity index (χ3n) is 6.77. The Morgan fingerprint density at radius 2 is 1.83 bits per heavy atom. The summed E-state index contributed by atoms with van der Waals surface area (Å²) in [7, 11) is 0. The van der Waals surface area contributed by atoms with Gasteiger partial charge >= 0.3 is 5.97 Å². The lowest BCUT2D eigenvalue weighted by Gasteiger charge is -2.31. The minimum atomic E-state index is -0.910. The number of ether oxygens (including phenoxy) is 1. The van der Waals surface area contributed by atoms with Crippen LogP contribution in [0.2, 0.25) is 0 Å². The summed E-state index contributed by atoms with van der Waals surface area (Å²) in [5.74, 6) is 3.35. The second kappa shape index (κ2) is 12.2. The van der Waals surface area contributed by atoms with Gasteiger partial charge in [-0.1, -0.05) is 19.3 Å². The molecule has 1 unspecified atom stereocenters. The standard InChI is InChI=1S/C29H35NO4S/c1-20-26(19-27(34-20)21-11-15-25(16-12-21)33-17-6-18-35-2)28(22-7-4-3-5-8-22)30-24-13-9-23(10-14-24)29(31)32/h9-16,19,22,28,30H,3-8,17-18H2,1-2H3,(H,31,32). The van der Waals surface area contributed by atoms with Gasteiger partial charge in [-0.25, -0.2) is 4.79 Å². The molecule has 1 fully saturated rings. The largest absolute Gasteiger partial charge is 0.494 e. The van der Waals surface area contributed by atoms with Crippen LogP contribution in [0.3, 0.4) is 0 Å². The van der Waals surface area contributed by atoms with E-state index < -0.39 is 5.97 Å². The molecule has 1 aliphatic rings. The van der Waals surface area contributed by atoms with Crippen molar-refractivity contribution in [3.8, 4) is 17.1 Å². The van der Waals surface area contributed by atoms with Crippen molar-refractivity contribution in [3.05, 3.63) is 71.5 Å². The first-order valence-electron chi connectivity index (χ1n) is 12.5. The third-order valence-corrected chi connectivity index (χ3v) is 7.46. The van der Waals surface area contributed by atoms with E-state index >= 15 is 0 Å². The average Bonchev–Trinajstić information content (AvgIpc) is 3.27. The molecular formula is C29H35NO4S. The van der Waals surface area contributed by atoms with Crippen LogP contribution < -0.4 is 10.1 Å². The minimum absolute atomic E-state index is 0.113. The van der Waals surface area contributed by atoms with Gasteiger partial charge in [-0.2, -0.15) is 11.8 Å². The number of hydrogen-bond donors (Lipinski definition) is 2. The summed E-state index contributed by atoms with van der Waals surface area (Å²) in [4.78, 5) is 11.2. The Bertz CT molecular complexity index is 1080. The third kappa shape index (κ3) is 6.63. The normalized spacial score (nSPS) is 15.0. The first-order valence-corrected chi connectivity index (χ1v) is 13.9. The summed E-state index contributed by atoms with van der Waals surface area (Å²) in [5, 5.41) is 12.9. The van der Waals surface area contributed by atoms with E-state index in [0.717, 1.165) is 47.3 Å². The lowest BCUT2D eigenvalue weighted by molar-refractivity contribution is 0.0697. The number of carboxylic acids is 1. The second-order valence-corrected chi connectivity index (χ2v) is 10.2. The molecule has 0 spiro atoms. The number of benzene rings is 2. The van der Waals surface area contributed by atoms with Gasteiger partial charge in [-0.05, 0) is 98.7 Å². The van der Waals surface area contributed by atoms with Crippen LogP contribution in [0.25, 0.3) is 11.3 Å². The van der Waals surface area contributed by atoms with Gasteiger partial charge in [0.1, 0.15) is 17.3 Å². The van der Waals surface area contributed by atoms with Crippen LogP contribution in [0, 0.1) is 12.8 Å². The highest BCUT2D eigenvalue weighted by molar-refractivity contribution is 7.98. The Morgan fingerprint density at radius 3 is 2.49 bits per heavy atom. The first-order chi connectivity index (χ1) is 17.0. The number of aryl methyl sites for hydroxylation is 1. The number of anilines is 1. The molecule has 1 aliphatic carbocycles. The Balaban J connectivity index is 1.54. The molecule has 2 aromatic carbocycles. The van der Waals surface area contributed by atoms with E-state index in [-0.39, 0.29) is 6.04 Å². The van der Waals surface area contributed by atoms with Gasteiger partial charge in [0, 0.05) is 16.8 Å². The fraction of sp³-hybridized carbons (Fsp3) is 0.414. The van der Waals surface area contributed by atoms with E-state index in [2.05, 4.69) is 29.8 Å². The maximum absolute atomic E-state index is 11.2. The molecular weight excluding hydrogens is 458 g/mol. The fourth-order valence-electron chi connectivity index (χ4n) is 4.86. The molecule has 4 rings (SSSR count). The van der Waals surface area contributed by atoms with Crippen molar-refractivity contribution in [3.63, 3.8) is 0 Å². The van der Waals surface area contributed by atoms with Crippen molar-refractivity contribution >= 4 is 23.4 Å². The van der Waals surface area contributed by atoms with Crippen LogP contribution in [0.1, 0.15) is 66.2 Å². The van der Waals surface area contributed by atoms with Gasteiger partial charge in [0.2, 0.25) is 0 Å². The van der Waals surface area contributed by atoms with Crippen molar-refractivity contribution in [2.24, 2.45) is 5.92 Å². The topological polar surface area (TPSA) is 71.7 Å². The van der Waals surface area contributed by atoms with Crippen molar-refractivity contribution in [2.45, 2.75) is 51.5 Å². The Hall–Kier alpha value is -2.86. The molecule has 35 heavy (non-hydrogen) atoms. The Kier molecular flexibility index (Phi) is 8.80. The van der Waals surface area contributed by atoms with E-state index in [4.69, 9.17) is 9.15 Å². The van der Waals surface area contributed by atoms with Crippen molar-refractivity contribution < 1.29 is 19.1 Å². The lowest BCUT2D eigenvalue weighted by atomic mass is 9.81. The molecule has 6 heteroatoms. The number of hydrogen-bond acceptors (Lipinski definition) is 5. The summed E-state index contributed by atoms with van der Waals surface area (Å²) in [6.45, 7) is 2.76. The highest BCUT2D eigenvalue weighted by atomic mass is 32.2. The number of carbonyl (C=O) groups is 1. The average molecular weight is 494 g/mol. The van der Waals surface area contributed by atoms with Crippen LogP contribution in [0.15, 0.2) is 59.0 Å². The lowest BCUT2D eigenvalue weighted by Crippen LogP contribution is -2.23. The zero-order chi connectivity index (χ0) is 24.6. The van der Waals surface area contributed by atoms with Crippen LogP contribution in [0.4, 0.5) is 5.69 Å². The van der Waals surface area contributed by atoms with Gasteiger partial charge in [-0.15, -0.1) is 0 Å². The SMILES string of the molecule is CSCCCOc1ccc(-c2cc(C(Nc3ccc(C(=O)O)cc3)C3CCCCC3)c(C)o2)cc1. The van der Waals surface area contributed by atoms with Crippen LogP contribution in [-0.2, 0) is 0 Å². The van der Waals surface area contributed by atoms with Gasteiger partial charge < -0.3 is 19.6 Å². The number of aromatic carboxylic acids is 1. The molecule has 3 aromatic rings. The summed E-state index contributed by atoms with van der Waals surface area (Å²) >= 11 is 1.83. The Labute approximate surface area is 212 Å². The summed E-state index contributed by atoms with van der Waals surface area (Å²) in [6.07, 6.45) is 9.26. The van der Waals surface area contributed by atoms with E-state index in [1.54, 1.807) is 12.1 Å². The summed E-state index contributed by atoms with van der Waals surface area (Å²) in [6, 6.07) is 17.4. The van der Waals surface area contributed by atoms with Gasteiger partial charge in [0.25, 0.3) is 0 Å². The first kappa shape index (κ1) is 25.2. The molecule has 0 saturated heterocycles. The molecule has 1 aromatic heterocycles. The minimum Gasteiger partial charge on any atom is -0.494 e. The zero-order valence-corrected chi connectivity index (χ0v) is 21.4. The molecule has 1 heterocycles. The summed E-state index contributed by atoms with van der Waals surface area (Å²) in [5.41, 5.74) is 3.43. The smallest absolute Gasteiger partial charge is 0.335 e. The molecule has 1 saturated carbocycles. The van der Waals surface area contributed by atoms with E-state index in [9.17, 15) is 9.90 Å². The van der Waals surface area contributed by atoms with Crippen LogP contribution in [0.5, 0.6) is 5.75 Å². The maximum atomic E-state index is 11.2. The highest BCUT2D eigenvalue weighted by Gasteiger charge is 2.28. The molecule has 0 radical (unpaired) electrons. The van der Waals surface area contributed by atoms with E-state index in [1.165, 1.54) is 37.7 Å². The van der Waals surface area contributed by atoms with Gasteiger partial charge in [0.05, 0.1) is 18.2 Å². The molecule has 5 nitrogen and oxygen atoms in total. The zero-order valence-electron chi connectivity index (χ0n) is 20.6. The van der Waals surface area contributed by atoms with Crippen molar-refractivity contribution in [1.82, 2.24) is 0 Å². The van der Waals surface area contributed by atoms with E-state index in [0.29, 0.717) is 11.5 Å². The number of carboxylic acid groups (broad SMARTS) is 1. The molecule has 186 valence electrons. The quantitative estimate of drug-likeness (QED) is 0.265. The second-order valence-electron chi connectivity index (χ2n) is 9.24. The summed E-state index contributed by atoms with van der Waals surface area (Å²) < 4.78 is 12.1. The van der Waals surface area contributed by atoms with Crippen molar-refractivity contribution in [2.75, 3.05) is 23.9 Å². The van der Waals surface area contributed by atoms with Gasteiger partial charge in [-0.3, -0.25) is 0 Å². The molecule has 1 atom stereocenters. The molecule has 0 bridgehead atoms. The molecule has 0 amide bonds. The van der Waals surface area contributed by atoms with E-state index in [1.807, 2.05) is 43.0 Å². The number of thioether (sulfide) groups is 1. The number of furan rings is 1. The predicted octanol–water partition coefficient (Wildman–Crippen LogP) is 7.82. The predicted molar refractivity (Wildman–Crippen MR) is 144 cm³/mol. The fourth-order valence-corrected chi connectivity index (χ4v) is 5.27. The van der Waals surface area contributed by atoms with Gasteiger partial charge in [0.15, 0.2) is 0 Å².